The number of nitrogens with zero attached hydrogens (tertiary/aromatic N) is 4. The topological polar surface area (TPSA) is 88.8 Å². The first-order valence-corrected chi connectivity index (χ1v) is 9.40. The molecular weight excluding hydrogens is 360 g/mol. The Morgan fingerprint density at radius 3 is 2.86 bits per heavy atom. The number of ether oxygens (including phenoxy) is 1. The molecule has 0 aromatic carbocycles. The first kappa shape index (κ1) is 20.0. The zero-order valence-electron chi connectivity index (χ0n) is 16.6. The van der Waals surface area contributed by atoms with Crippen molar-refractivity contribution >= 4 is 11.8 Å². The highest BCUT2D eigenvalue weighted by molar-refractivity contribution is 5.96. The summed E-state index contributed by atoms with van der Waals surface area (Å²) in [6.07, 6.45) is 5.11. The van der Waals surface area contributed by atoms with E-state index in [0.717, 1.165) is 18.4 Å². The molecule has 2 aromatic rings. The summed E-state index contributed by atoms with van der Waals surface area (Å²) in [6.45, 7) is 5.08. The molecule has 0 spiro atoms. The van der Waals surface area contributed by atoms with E-state index >= 15 is 0 Å². The Bertz CT molecular complexity index is 801. The second-order valence-electron chi connectivity index (χ2n) is 7.06. The summed E-state index contributed by atoms with van der Waals surface area (Å²) in [5.41, 5.74) is 2.05. The number of piperidine rings is 1. The normalized spacial score (nSPS) is 16.8. The molecule has 1 saturated heterocycles. The number of carbonyl (C=O) groups is 2. The number of pyridine rings is 1. The van der Waals surface area contributed by atoms with Gasteiger partial charge in [-0.2, -0.15) is 0 Å². The maximum Gasteiger partial charge on any atom is 0.259 e. The second kappa shape index (κ2) is 8.97. The molecule has 28 heavy (non-hydrogen) atoms. The number of amides is 2. The smallest absolute Gasteiger partial charge is 0.259 e. The van der Waals surface area contributed by atoms with E-state index < -0.39 is 0 Å². The van der Waals surface area contributed by atoms with Crippen LogP contribution in [0.2, 0.25) is 0 Å². The number of aromatic nitrogens is 2. The van der Waals surface area contributed by atoms with Gasteiger partial charge in [0.1, 0.15) is 17.9 Å². The van der Waals surface area contributed by atoms with Gasteiger partial charge >= 0.3 is 0 Å². The van der Waals surface area contributed by atoms with Crippen molar-refractivity contribution in [3.63, 3.8) is 0 Å². The van der Waals surface area contributed by atoms with Crippen LogP contribution >= 0.6 is 0 Å². The molecule has 0 N–H and O–H groups in total. The van der Waals surface area contributed by atoms with Gasteiger partial charge in [-0.05, 0) is 38.3 Å². The lowest BCUT2D eigenvalue weighted by Gasteiger charge is -2.39. The van der Waals surface area contributed by atoms with E-state index in [0.29, 0.717) is 36.7 Å². The number of hydrogen-bond donors (Lipinski definition) is 0. The van der Waals surface area contributed by atoms with Crippen LogP contribution in [-0.2, 0) is 16.1 Å². The van der Waals surface area contributed by atoms with E-state index in [2.05, 4.69) is 10.1 Å². The molecular formula is C20H26N4O4. The van der Waals surface area contributed by atoms with Crippen molar-refractivity contribution < 1.29 is 18.8 Å². The first-order chi connectivity index (χ1) is 13.5. The van der Waals surface area contributed by atoms with E-state index in [1.807, 2.05) is 12.1 Å². The summed E-state index contributed by atoms with van der Waals surface area (Å²) in [5.74, 6) is 0.330. The molecule has 0 bridgehead atoms. The fourth-order valence-corrected chi connectivity index (χ4v) is 3.66. The molecule has 1 atom stereocenters. The highest BCUT2D eigenvalue weighted by Gasteiger charge is 2.32. The summed E-state index contributed by atoms with van der Waals surface area (Å²) < 4.78 is 10.2. The SMILES string of the molecule is COCC(=O)N(Cc1cccnc1)C1CCCN(C(=O)c2c(C)noc2C)C1. The Morgan fingerprint density at radius 2 is 2.21 bits per heavy atom. The Labute approximate surface area is 164 Å². The number of carbonyl (C=O) groups excluding carboxylic acids is 2. The predicted molar refractivity (Wildman–Crippen MR) is 102 cm³/mol. The molecule has 8 nitrogen and oxygen atoms in total. The van der Waals surface area contributed by atoms with Crippen LogP contribution in [0.3, 0.4) is 0 Å². The Kier molecular flexibility index (Phi) is 6.41. The van der Waals surface area contributed by atoms with Gasteiger partial charge in [-0.3, -0.25) is 14.6 Å². The molecule has 0 radical (unpaired) electrons. The zero-order chi connectivity index (χ0) is 20.1. The fourth-order valence-electron chi connectivity index (χ4n) is 3.66. The van der Waals surface area contributed by atoms with Gasteiger partial charge in [-0.15, -0.1) is 0 Å². The summed E-state index contributed by atoms with van der Waals surface area (Å²) in [6, 6.07) is 3.71. The van der Waals surface area contributed by atoms with E-state index in [1.54, 1.807) is 36.0 Å². The Balaban J connectivity index is 1.78. The van der Waals surface area contributed by atoms with E-state index in [-0.39, 0.29) is 24.5 Å². The van der Waals surface area contributed by atoms with Crippen LogP contribution in [0, 0.1) is 13.8 Å². The van der Waals surface area contributed by atoms with Gasteiger partial charge in [0.2, 0.25) is 5.91 Å². The van der Waals surface area contributed by atoms with Crippen molar-refractivity contribution in [2.75, 3.05) is 26.8 Å². The van der Waals surface area contributed by atoms with Gasteiger partial charge in [0, 0.05) is 45.2 Å². The molecule has 0 aliphatic carbocycles. The monoisotopic (exact) mass is 386 g/mol. The largest absolute Gasteiger partial charge is 0.375 e. The van der Waals surface area contributed by atoms with Gasteiger partial charge in [-0.1, -0.05) is 11.2 Å². The minimum absolute atomic E-state index is 0.00851. The van der Waals surface area contributed by atoms with E-state index in [9.17, 15) is 9.59 Å². The van der Waals surface area contributed by atoms with Gasteiger partial charge in [0.15, 0.2) is 0 Å². The molecule has 8 heteroatoms. The number of likely N-dealkylation sites (tertiary alicyclic amines) is 1. The zero-order valence-corrected chi connectivity index (χ0v) is 16.6. The molecule has 1 unspecified atom stereocenters. The molecule has 150 valence electrons. The average Bonchev–Trinajstić information content (AvgIpc) is 3.04. The van der Waals surface area contributed by atoms with Gasteiger partial charge in [0.05, 0.1) is 5.69 Å². The van der Waals surface area contributed by atoms with Crippen molar-refractivity contribution in [3.05, 3.63) is 47.1 Å². The van der Waals surface area contributed by atoms with Gasteiger partial charge in [-0.25, -0.2) is 0 Å². The maximum atomic E-state index is 13.0. The van der Waals surface area contributed by atoms with Gasteiger partial charge in [0.25, 0.3) is 5.91 Å². The van der Waals surface area contributed by atoms with Crippen LogP contribution in [-0.4, -0.2) is 64.6 Å². The minimum Gasteiger partial charge on any atom is -0.375 e. The molecule has 1 aliphatic heterocycles. The summed E-state index contributed by atoms with van der Waals surface area (Å²) >= 11 is 0. The second-order valence-corrected chi connectivity index (χ2v) is 7.06. The van der Waals surface area contributed by atoms with Crippen molar-refractivity contribution in [3.8, 4) is 0 Å². The number of hydrogen-bond acceptors (Lipinski definition) is 6. The number of aryl methyl sites for hydroxylation is 2. The summed E-state index contributed by atoms with van der Waals surface area (Å²) in [4.78, 5) is 33.4. The third-order valence-electron chi connectivity index (χ3n) is 5.04. The lowest BCUT2D eigenvalue weighted by Crippen LogP contribution is -2.52. The Morgan fingerprint density at radius 1 is 1.39 bits per heavy atom. The van der Waals surface area contributed by atoms with Crippen LogP contribution in [0.25, 0.3) is 0 Å². The van der Waals surface area contributed by atoms with Crippen LogP contribution < -0.4 is 0 Å². The molecule has 2 amide bonds. The van der Waals surface area contributed by atoms with Crippen molar-refractivity contribution in [1.29, 1.82) is 0 Å². The molecule has 0 saturated carbocycles. The maximum absolute atomic E-state index is 13.0. The summed E-state index contributed by atoms with van der Waals surface area (Å²) in [5, 5.41) is 3.88. The van der Waals surface area contributed by atoms with Crippen molar-refractivity contribution in [2.45, 2.75) is 39.3 Å². The third-order valence-corrected chi connectivity index (χ3v) is 5.04. The predicted octanol–water partition coefficient (Wildman–Crippen LogP) is 1.97. The van der Waals surface area contributed by atoms with Crippen LogP contribution in [0.5, 0.6) is 0 Å². The average molecular weight is 386 g/mol. The third kappa shape index (κ3) is 4.39. The lowest BCUT2D eigenvalue weighted by atomic mass is 10.0. The highest BCUT2D eigenvalue weighted by atomic mass is 16.5. The molecule has 3 heterocycles. The minimum atomic E-state index is -0.0959. The first-order valence-electron chi connectivity index (χ1n) is 9.40. The van der Waals surface area contributed by atoms with Gasteiger partial charge < -0.3 is 19.1 Å². The Hall–Kier alpha value is -2.74. The molecule has 1 aliphatic rings. The van der Waals surface area contributed by atoms with Crippen molar-refractivity contribution in [1.82, 2.24) is 19.9 Å². The fraction of sp³-hybridized carbons (Fsp3) is 0.500. The van der Waals surface area contributed by atoms with Crippen molar-refractivity contribution in [2.24, 2.45) is 0 Å². The summed E-state index contributed by atoms with van der Waals surface area (Å²) in [7, 11) is 1.51. The van der Waals surface area contributed by atoms with Crippen LogP contribution in [0.1, 0.15) is 40.2 Å². The standard InChI is InChI=1S/C20H26N4O4/c1-14-19(15(2)28-22-14)20(26)23-9-5-7-17(12-23)24(18(25)13-27-3)11-16-6-4-8-21-10-16/h4,6,8,10,17H,5,7,9,11-13H2,1-3H3. The molecule has 3 rings (SSSR count). The van der Waals surface area contributed by atoms with Crippen LogP contribution in [0.15, 0.2) is 29.0 Å². The molecule has 1 fully saturated rings. The van der Waals surface area contributed by atoms with E-state index in [4.69, 9.17) is 9.26 Å². The highest BCUT2D eigenvalue weighted by Crippen LogP contribution is 2.22. The number of rotatable bonds is 6. The lowest BCUT2D eigenvalue weighted by molar-refractivity contribution is -0.139. The van der Waals surface area contributed by atoms with Crippen LogP contribution in [0.4, 0.5) is 0 Å². The molecule has 2 aromatic heterocycles. The van der Waals surface area contributed by atoms with E-state index in [1.165, 1.54) is 7.11 Å². The quantitative estimate of drug-likeness (QED) is 0.754. The number of methoxy groups -OCH3 is 1.